The van der Waals surface area contributed by atoms with Crippen LogP contribution in [0.3, 0.4) is 0 Å². The molecule has 1 atom stereocenters. The monoisotopic (exact) mass is 327 g/mol. The normalized spacial score (nSPS) is 21.8. The Morgan fingerprint density at radius 2 is 2.21 bits per heavy atom. The molecule has 3 rings (SSSR count). The van der Waals surface area contributed by atoms with Crippen LogP contribution in [0, 0.1) is 5.82 Å². The van der Waals surface area contributed by atoms with Crippen molar-refractivity contribution in [1.29, 1.82) is 0 Å². The van der Waals surface area contributed by atoms with Crippen molar-refractivity contribution in [3.8, 4) is 0 Å². The van der Waals surface area contributed by atoms with Crippen LogP contribution < -0.4 is 0 Å². The number of fused-ring (bicyclic) bond motifs is 3. The highest BCUT2D eigenvalue weighted by Crippen LogP contribution is 2.40. The Labute approximate surface area is 116 Å². The van der Waals surface area contributed by atoms with Gasteiger partial charge in [-0.15, -0.1) is 0 Å². The lowest BCUT2D eigenvalue weighted by Gasteiger charge is -2.25. The molecule has 4 nitrogen and oxygen atoms in total. The first kappa shape index (κ1) is 12.6. The van der Waals surface area contributed by atoms with Crippen LogP contribution in [0.15, 0.2) is 22.7 Å². The summed E-state index contributed by atoms with van der Waals surface area (Å²) < 4.78 is 15.5. The van der Waals surface area contributed by atoms with Crippen molar-refractivity contribution in [3.63, 3.8) is 0 Å². The van der Waals surface area contributed by atoms with Gasteiger partial charge in [-0.2, -0.15) is 0 Å². The first-order chi connectivity index (χ1) is 8.90. The Morgan fingerprint density at radius 3 is 2.89 bits per heavy atom. The standard InChI is InChI=1S/C13H11BrFNO3/c14-10-5-8(15)3-7-4-9-1-2-13(19,6-11(17)18)16(9)12(7)10/h3-5,19H,1-2,6H2,(H,17,18). The predicted molar refractivity (Wildman–Crippen MR) is 70.4 cm³/mol. The zero-order valence-electron chi connectivity index (χ0n) is 9.86. The van der Waals surface area contributed by atoms with E-state index >= 15 is 0 Å². The molecule has 0 saturated heterocycles. The Balaban J connectivity index is 2.27. The minimum atomic E-state index is -1.44. The SMILES string of the molecule is O=C(O)CC1(O)CCc2cc3cc(F)cc(Br)c3n21. The number of carbonyl (C=O) groups is 1. The van der Waals surface area contributed by atoms with Gasteiger partial charge in [0.15, 0.2) is 5.72 Å². The number of rotatable bonds is 2. The third-order valence-corrected chi connectivity index (χ3v) is 4.13. The van der Waals surface area contributed by atoms with Crippen LogP contribution >= 0.6 is 15.9 Å². The molecule has 1 aliphatic heterocycles. The zero-order chi connectivity index (χ0) is 13.8. The average molecular weight is 328 g/mol. The highest BCUT2D eigenvalue weighted by molar-refractivity contribution is 9.10. The van der Waals surface area contributed by atoms with Crippen molar-refractivity contribution < 1.29 is 19.4 Å². The predicted octanol–water partition coefficient (Wildman–Crippen LogP) is 2.61. The fourth-order valence-corrected chi connectivity index (χ4v) is 3.45. The maximum Gasteiger partial charge on any atom is 0.308 e. The second-order valence-corrected chi connectivity index (χ2v) is 5.70. The molecule has 19 heavy (non-hydrogen) atoms. The van der Waals surface area contributed by atoms with E-state index < -0.39 is 11.7 Å². The molecule has 0 fully saturated rings. The topological polar surface area (TPSA) is 62.5 Å². The van der Waals surface area contributed by atoms with E-state index in [0.717, 1.165) is 5.69 Å². The summed E-state index contributed by atoms with van der Waals surface area (Å²) >= 11 is 3.28. The smallest absolute Gasteiger partial charge is 0.308 e. The molecule has 6 heteroatoms. The summed E-state index contributed by atoms with van der Waals surface area (Å²) in [5, 5.41) is 20.2. The largest absolute Gasteiger partial charge is 0.481 e. The number of aromatic nitrogens is 1. The molecule has 0 amide bonds. The first-order valence-corrected chi connectivity index (χ1v) is 6.64. The van der Waals surface area contributed by atoms with Crippen LogP contribution in [-0.2, 0) is 16.9 Å². The number of hydrogen-bond acceptors (Lipinski definition) is 2. The van der Waals surface area contributed by atoms with Crippen LogP contribution in [0.4, 0.5) is 4.39 Å². The van der Waals surface area contributed by atoms with Gasteiger partial charge < -0.3 is 14.8 Å². The second kappa shape index (κ2) is 4.05. The number of aryl methyl sites for hydroxylation is 1. The Kier molecular flexibility index (Phi) is 2.69. The van der Waals surface area contributed by atoms with Crippen molar-refractivity contribution in [2.75, 3.05) is 0 Å². The van der Waals surface area contributed by atoms with E-state index in [1.165, 1.54) is 12.1 Å². The van der Waals surface area contributed by atoms with Crippen LogP contribution in [0.2, 0.25) is 0 Å². The molecule has 2 aromatic rings. The number of nitrogens with zero attached hydrogens (tertiary/aromatic N) is 1. The van der Waals surface area contributed by atoms with E-state index in [1.54, 1.807) is 10.6 Å². The van der Waals surface area contributed by atoms with Crippen molar-refractivity contribution in [2.24, 2.45) is 0 Å². The third kappa shape index (κ3) is 1.86. The maximum atomic E-state index is 13.4. The van der Waals surface area contributed by atoms with Crippen molar-refractivity contribution in [2.45, 2.75) is 25.0 Å². The van der Waals surface area contributed by atoms with Crippen molar-refractivity contribution in [1.82, 2.24) is 4.57 Å². The summed E-state index contributed by atoms with van der Waals surface area (Å²) in [7, 11) is 0. The van der Waals surface area contributed by atoms with Gasteiger partial charge in [-0.1, -0.05) is 0 Å². The van der Waals surface area contributed by atoms with Gasteiger partial charge in [0, 0.05) is 22.0 Å². The Bertz CT molecular complexity index is 697. The quantitative estimate of drug-likeness (QED) is 0.891. The highest BCUT2D eigenvalue weighted by atomic mass is 79.9. The molecular formula is C13H11BrFNO3. The van der Waals surface area contributed by atoms with Crippen LogP contribution in [0.5, 0.6) is 0 Å². The number of carboxylic acid groups (broad SMARTS) is 1. The van der Waals surface area contributed by atoms with Crippen LogP contribution in [0.1, 0.15) is 18.5 Å². The van der Waals surface area contributed by atoms with Gasteiger partial charge in [0.05, 0.1) is 11.9 Å². The minimum Gasteiger partial charge on any atom is -0.481 e. The summed E-state index contributed by atoms with van der Waals surface area (Å²) in [6, 6.07) is 4.49. The zero-order valence-corrected chi connectivity index (χ0v) is 11.4. The van der Waals surface area contributed by atoms with Gasteiger partial charge >= 0.3 is 5.97 Å². The van der Waals surface area contributed by atoms with Gasteiger partial charge in [-0.05, 0) is 40.5 Å². The highest BCUT2D eigenvalue weighted by Gasteiger charge is 2.40. The number of aliphatic hydroxyl groups is 1. The Hall–Kier alpha value is -1.40. The third-order valence-electron chi connectivity index (χ3n) is 3.52. The molecule has 0 spiro atoms. The summed E-state index contributed by atoms with van der Waals surface area (Å²) in [4.78, 5) is 10.9. The van der Waals surface area contributed by atoms with Gasteiger partial charge in [0.1, 0.15) is 5.82 Å². The molecule has 0 aliphatic carbocycles. The lowest BCUT2D eigenvalue weighted by Crippen LogP contribution is -2.32. The second-order valence-electron chi connectivity index (χ2n) is 4.85. The van der Waals surface area contributed by atoms with E-state index in [4.69, 9.17) is 5.11 Å². The molecule has 100 valence electrons. The van der Waals surface area contributed by atoms with E-state index in [2.05, 4.69) is 15.9 Å². The molecule has 2 heterocycles. The van der Waals surface area contributed by atoms with Crippen molar-refractivity contribution in [3.05, 3.63) is 34.2 Å². The van der Waals surface area contributed by atoms with Gasteiger partial charge in [0.25, 0.3) is 0 Å². The molecule has 1 aromatic carbocycles. The molecule has 1 aromatic heterocycles. The first-order valence-electron chi connectivity index (χ1n) is 5.85. The lowest BCUT2D eigenvalue weighted by molar-refractivity contribution is -0.146. The number of benzene rings is 1. The lowest BCUT2D eigenvalue weighted by atomic mass is 10.1. The van der Waals surface area contributed by atoms with E-state index in [9.17, 15) is 14.3 Å². The number of carboxylic acids is 1. The van der Waals surface area contributed by atoms with E-state index in [0.29, 0.717) is 28.2 Å². The molecule has 1 unspecified atom stereocenters. The summed E-state index contributed by atoms with van der Waals surface area (Å²) in [6.07, 6.45) is 0.564. The minimum absolute atomic E-state index is 0.356. The summed E-state index contributed by atoms with van der Waals surface area (Å²) in [6.45, 7) is 0. The maximum absolute atomic E-state index is 13.4. The van der Waals surface area contributed by atoms with Crippen molar-refractivity contribution >= 4 is 32.8 Å². The number of hydrogen-bond donors (Lipinski definition) is 2. The fourth-order valence-electron chi connectivity index (χ4n) is 2.83. The van der Waals surface area contributed by atoms with E-state index in [-0.39, 0.29) is 12.2 Å². The number of aliphatic carboxylic acids is 1. The van der Waals surface area contributed by atoms with Gasteiger partial charge in [0.2, 0.25) is 0 Å². The molecule has 0 saturated carbocycles. The fraction of sp³-hybridized carbons (Fsp3) is 0.308. The van der Waals surface area contributed by atoms with Gasteiger partial charge in [-0.25, -0.2) is 4.39 Å². The molecule has 1 aliphatic rings. The molecule has 0 radical (unpaired) electrons. The molecular weight excluding hydrogens is 317 g/mol. The Morgan fingerprint density at radius 1 is 1.47 bits per heavy atom. The van der Waals surface area contributed by atoms with E-state index in [1.807, 2.05) is 0 Å². The molecule has 2 N–H and O–H groups in total. The summed E-state index contributed by atoms with van der Waals surface area (Å²) in [5.74, 6) is -1.43. The molecule has 0 bridgehead atoms. The van der Waals surface area contributed by atoms with Gasteiger partial charge in [-0.3, -0.25) is 4.79 Å². The number of halogens is 2. The van der Waals surface area contributed by atoms with Crippen LogP contribution in [0.25, 0.3) is 10.9 Å². The summed E-state index contributed by atoms with van der Waals surface area (Å²) in [5.41, 5.74) is 0.0196. The van der Waals surface area contributed by atoms with Crippen LogP contribution in [-0.4, -0.2) is 20.7 Å². The average Bonchev–Trinajstić information content (AvgIpc) is 2.76.